The number of carbonyl (C=O) groups is 1. The highest BCUT2D eigenvalue weighted by molar-refractivity contribution is 5.76. The Balaban J connectivity index is 2.31. The van der Waals surface area contributed by atoms with Crippen molar-refractivity contribution in [2.75, 3.05) is 12.0 Å². The number of aliphatic carboxylic acids is 1. The second-order valence-corrected chi connectivity index (χ2v) is 4.38. The molecule has 0 saturated carbocycles. The van der Waals surface area contributed by atoms with Gasteiger partial charge < -0.3 is 14.7 Å². The number of hydrogen-bond acceptors (Lipinski definition) is 3. The number of benzene rings is 2. The molecule has 1 atom stereocenters. The molecule has 0 aromatic heterocycles. The first-order valence-electron chi connectivity index (χ1n) is 6.33. The van der Waals surface area contributed by atoms with Gasteiger partial charge >= 0.3 is 5.97 Å². The monoisotopic (exact) mass is 271 g/mol. The fourth-order valence-electron chi connectivity index (χ4n) is 2.07. The van der Waals surface area contributed by atoms with Gasteiger partial charge in [-0.05, 0) is 17.7 Å². The van der Waals surface area contributed by atoms with E-state index in [2.05, 4.69) is 0 Å². The van der Waals surface area contributed by atoms with Crippen LogP contribution < -0.4 is 4.90 Å². The molecule has 0 amide bonds. The maximum atomic E-state index is 11.4. The number of carboxylic acids is 1. The lowest BCUT2D eigenvalue weighted by molar-refractivity contribution is -0.148. The standard InChI is InChI=1S/C16H17NO3/c1-20-15(16(18)19)17(14-10-6-3-7-11-14)12-13-8-4-2-5-9-13/h2-11,15H,12H2,1H3,(H,18,19). The second kappa shape index (κ2) is 6.73. The Morgan fingerprint density at radius 3 is 2.15 bits per heavy atom. The molecule has 0 aliphatic carbocycles. The predicted octanol–water partition coefficient (Wildman–Crippen LogP) is 2.75. The molecule has 1 N–H and O–H groups in total. The van der Waals surface area contributed by atoms with Crippen LogP contribution in [0.4, 0.5) is 5.69 Å². The van der Waals surface area contributed by atoms with Crippen molar-refractivity contribution >= 4 is 11.7 Å². The molecule has 0 spiro atoms. The van der Waals surface area contributed by atoms with Crippen molar-refractivity contribution in [2.24, 2.45) is 0 Å². The topological polar surface area (TPSA) is 49.8 Å². The first kappa shape index (κ1) is 14.1. The van der Waals surface area contributed by atoms with Crippen molar-refractivity contribution in [1.82, 2.24) is 0 Å². The molecular weight excluding hydrogens is 254 g/mol. The molecule has 104 valence electrons. The zero-order valence-corrected chi connectivity index (χ0v) is 11.3. The van der Waals surface area contributed by atoms with Crippen LogP contribution in [0.5, 0.6) is 0 Å². The summed E-state index contributed by atoms with van der Waals surface area (Å²) in [5.41, 5.74) is 1.84. The Bertz CT molecular complexity index is 542. The van der Waals surface area contributed by atoms with E-state index in [9.17, 15) is 9.90 Å². The average molecular weight is 271 g/mol. The van der Waals surface area contributed by atoms with E-state index in [-0.39, 0.29) is 0 Å². The van der Waals surface area contributed by atoms with Gasteiger partial charge in [0.2, 0.25) is 6.23 Å². The first-order valence-corrected chi connectivity index (χ1v) is 6.33. The van der Waals surface area contributed by atoms with Gasteiger partial charge in [-0.25, -0.2) is 4.79 Å². The number of methoxy groups -OCH3 is 1. The van der Waals surface area contributed by atoms with Crippen molar-refractivity contribution in [3.63, 3.8) is 0 Å². The lowest BCUT2D eigenvalue weighted by Gasteiger charge is -2.29. The van der Waals surface area contributed by atoms with E-state index in [0.717, 1.165) is 11.3 Å². The average Bonchev–Trinajstić information content (AvgIpc) is 2.48. The molecule has 2 rings (SSSR count). The third-order valence-corrected chi connectivity index (χ3v) is 3.00. The Kier molecular flexibility index (Phi) is 4.74. The third-order valence-electron chi connectivity index (χ3n) is 3.00. The highest BCUT2D eigenvalue weighted by Gasteiger charge is 2.25. The van der Waals surface area contributed by atoms with Gasteiger partial charge in [0.15, 0.2) is 0 Å². The summed E-state index contributed by atoms with van der Waals surface area (Å²) >= 11 is 0. The quantitative estimate of drug-likeness (QED) is 0.821. The molecule has 20 heavy (non-hydrogen) atoms. The maximum absolute atomic E-state index is 11.4. The zero-order chi connectivity index (χ0) is 14.4. The number of para-hydroxylation sites is 1. The summed E-state index contributed by atoms with van der Waals surface area (Å²) < 4.78 is 5.13. The normalized spacial score (nSPS) is 11.8. The lowest BCUT2D eigenvalue weighted by Crippen LogP contribution is -2.42. The van der Waals surface area contributed by atoms with E-state index >= 15 is 0 Å². The molecular formula is C16H17NO3. The van der Waals surface area contributed by atoms with E-state index in [4.69, 9.17) is 4.74 Å². The lowest BCUT2D eigenvalue weighted by atomic mass is 10.2. The minimum absolute atomic E-state index is 0.468. The van der Waals surface area contributed by atoms with Crippen LogP contribution in [0, 0.1) is 0 Å². The van der Waals surface area contributed by atoms with Crippen molar-refractivity contribution in [1.29, 1.82) is 0 Å². The summed E-state index contributed by atoms with van der Waals surface area (Å²) in [6.45, 7) is 0.468. The van der Waals surface area contributed by atoms with Gasteiger partial charge in [0.1, 0.15) is 0 Å². The Labute approximate surface area is 118 Å². The van der Waals surface area contributed by atoms with Crippen molar-refractivity contribution in [3.8, 4) is 0 Å². The molecule has 0 aliphatic heterocycles. The molecule has 2 aromatic rings. The summed E-state index contributed by atoms with van der Waals surface area (Å²) in [6, 6.07) is 19.1. The summed E-state index contributed by atoms with van der Waals surface area (Å²) in [7, 11) is 1.40. The summed E-state index contributed by atoms with van der Waals surface area (Å²) in [5.74, 6) is -1.01. The van der Waals surface area contributed by atoms with E-state index in [1.54, 1.807) is 4.90 Å². The number of rotatable bonds is 6. The zero-order valence-electron chi connectivity index (χ0n) is 11.3. The largest absolute Gasteiger partial charge is 0.478 e. The number of ether oxygens (including phenoxy) is 1. The Morgan fingerprint density at radius 1 is 1.10 bits per heavy atom. The van der Waals surface area contributed by atoms with Gasteiger partial charge in [0.05, 0.1) is 0 Å². The van der Waals surface area contributed by atoms with Gasteiger partial charge in [0.25, 0.3) is 0 Å². The highest BCUT2D eigenvalue weighted by Crippen LogP contribution is 2.20. The summed E-state index contributed by atoms with van der Waals surface area (Å²) in [4.78, 5) is 13.1. The van der Waals surface area contributed by atoms with Crippen LogP contribution in [0.3, 0.4) is 0 Å². The van der Waals surface area contributed by atoms with Crippen LogP contribution >= 0.6 is 0 Å². The smallest absolute Gasteiger partial charge is 0.354 e. The van der Waals surface area contributed by atoms with E-state index in [0.29, 0.717) is 6.54 Å². The van der Waals surface area contributed by atoms with Crippen LogP contribution in [-0.4, -0.2) is 24.4 Å². The van der Waals surface area contributed by atoms with E-state index in [1.807, 2.05) is 60.7 Å². The number of anilines is 1. The van der Waals surface area contributed by atoms with Gasteiger partial charge in [-0.1, -0.05) is 48.5 Å². The van der Waals surface area contributed by atoms with Crippen LogP contribution in [0.1, 0.15) is 5.56 Å². The number of carboxylic acid groups (broad SMARTS) is 1. The molecule has 0 radical (unpaired) electrons. The summed E-state index contributed by atoms with van der Waals surface area (Å²) in [5, 5.41) is 9.32. The Hall–Kier alpha value is -2.33. The third kappa shape index (κ3) is 3.36. The molecule has 0 fully saturated rings. The van der Waals surface area contributed by atoms with Gasteiger partial charge in [-0.15, -0.1) is 0 Å². The van der Waals surface area contributed by atoms with Crippen molar-refractivity contribution < 1.29 is 14.6 Å². The van der Waals surface area contributed by atoms with Crippen LogP contribution in [0.2, 0.25) is 0 Å². The fraction of sp³-hybridized carbons (Fsp3) is 0.188. The number of nitrogens with zero attached hydrogens (tertiary/aromatic N) is 1. The number of hydrogen-bond donors (Lipinski definition) is 1. The maximum Gasteiger partial charge on any atom is 0.354 e. The Morgan fingerprint density at radius 2 is 1.65 bits per heavy atom. The SMILES string of the molecule is COC(C(=O)O)N(Cc1ccccc1)c1ccccc1. The van der Waals surface area contributed by atoms with Crippen LogP contribution in [0.25, 0.3) is 0 Å². The van der Waals surface area contributed by atoms with Crippen molar-refractivity contribution in [2.45, 2.75) is 12.8 Å². The van der Waals surface area contributed by atoms with Crippen LogP contribution in [-0.2, 0) is 16.1 Å². The van der Waals surface area contributed by atoms with Crippen molar-refractivity contribution in [3.05, 3.63) is 66.2 Å². The predicted molar refractivity (Wildman–Crippen MR) is 77.5 cm³/mol. The first-order chi connectivity index (χ1) is 9.72. The highest BCUT2D eigenvalue weighted by atomic mass is 16.5. The van der Waals surface area contributed by atoms with Gasteiger partial charge in [0, 0.05) is 19.3 Å². The molecule has 2 aromatic carbocycles. The van der Waals surface area contributed by atoms with E-state index in [1.165, 1.54) is 7.11 Å². The summed E-state index contributed by atoms with van der Waals surface area (Å²) in [6.07, 6.45) is -1.02. The fourth-order valence-corrected chi connectivity index (χ4v) is 2.07. The minimum Gasteiger partial charge on any atom is -0.478 e. The molecule has 4 heteroatoms. The molecule has 1 unspecified atom stereocenters. The van der Waals surface area contributed by atoms with Gasteiger partial charge in [-0.3, -0.25) is 0 Å². The minimum atomic E-state index is -1.02. The molecule has 4 nitrogen and oxygen atoms in total. The van der Waals surface area contributed by atoms with E-state index < -0.39 is 12.2 Å². The van der Waals surface area contributed by atoms with Gasteiger partial charge in [-0.2, -0.15) is 0 Å². The van der Waals surface area contributed by atoms with Crippen LogP contribution in [0.15, 0.2) is 60.7 Å². The second-order valence-electron chi connectivity index (χ2n) is 4.38. The molecule has 0 saturated heterocycles. The molecule has 0 aliphatic rings. The molecule has 0 bridgehead atoms. The molecule has 0 heterocycles.